The third-order valence-corrected chi connectivity index (χ3v) is 4.85. The van der Waals surface area contributed by atoms with Crippen molar-refractivity contribution in [3.63, 3.8) is 0 Å². The fourth-order valence-electron chi connectivity index (χ4n) is 3.21. The topological polar surface area (TPSA) is 59.3 Å². The standard InChI is InChI=1S/C21H29N3O/c1-14(25-18-10-8-16(9-11-18)21(2,3)4)19-13-20(24-23-19)15-6-5-7-17(22)12-15/h5-12,14,19-20,23-24H,13,22H2,1-4H3. The first-order valence-corrected chi connectivity index (χ1v) is 8.96. The van der Waals surface area contributed by atoms with E-state index in [4.69, 9.17) is 10.5 Å². The van der Waals surface area contributed by atoms with E-state index >= 15 is 0 Å². The minimum Gasteiger partial charge on any atom is -0.489 e. The molecule has 4 N–H and O–H groups in total. The van der Waals surface area contributed by atoms with Crippen molar-refractivity contribution in [1.29, 1.82) is 0 Å². The van der Waals surface area contributed by atoms with E-state index < -0.39 is 0 Å². The summed E-state index contributed by atoms with van der Waals surface area (Å²) < 4.78 is 6.15. The second-order valence-electron chi connectivity index (χ2n) is 7.95. The Morgan fingerprint density at radius 2 is 1.80 bits per heavy atom. The zero-order valence-corrected chi connectivity index (χ0v) is 15.5. The smallest absolute Gasteiger partial charge is 0.119 e. The van der Waals surface area contributed by atoms with Crippen LogP contribution < -0.4 is 21.3 Å². The zero-order chi connectivity index (χ0) is 18.0. The lowest BCUT2D eigenvalue weighted by Gasteiger charge is -2.22. The van der Waals surface area contributed by atoms with Gasteiger partial charge in [-0.1, -0.05) is 45.0 Å². The first kappa shape index (κ1) is 17.8. The van der Waals surface area contributed by atoms with Crippen LogP contribution in [0.3, 0.4) is 0 Å². The molecule has 1 aliphatic heterocycles. The molecule has 0 spiro atoms. The van der Waals surface area contributed by atoms with Crippen molar-refractivity contribution in [3.05, 3.63) is 59.7 Å². The van der Waals surface area contributed by atoms with Crippen LogP contribution in [0.15, 0.2) is 48.5 Å². The number of anilines is 1. The largest absolute Gasteiger partial charge is 0.489 e. The van der Waals surface area contributed by atoms with E-state index in [1.165, 1.54) is 11.1 Å². The number of nitrogens with one attached hydrogen (secondary N) is 2. The maximum Gasteiger partial charge on any atom is 0.119 e. The first-order chi connectivity index (χ1) is 11.8. The van der Waals surface area contributed by atoms with E-state index in [9.17, 15) is 0 Å². The summed E-state index contributed by atoms with van der Waals surface area (Å²) in [7, 11) is 0. The van der Waals surface area contributed by atoms with Gasteiger partial charge in [0.25, 0.3) is 0 Å². The quantitative estimate of drug-likeness (QED) is 0.739. The van der Waals surface area contributed by atoms with Gasteiger partial charge in [0, 0.05) is 11.7 Å². The highest BCUT2D eigenvalue weighted by Crippen LogP contribution is 2.28. The Hall–Kier alpha value is -2.04. The molecule has 1 heterocycles. The Kier molecular flexibility index (Phi) is 5.02. The number of hydrazine groups is 1. The maximum absolute atomic E-state index is 6.15. The van der Waals surface area contributed by atoms with Crippen LogP contribution in [0.5, 0.6) is 5.75 Å². The van der Waals surface area contributed by atoms with Crippen molar-refractivity contribution in [2.24, 2.45) is 0 Å². The Labute approximate surface area is 150 Å². The van der Waals surface area contributed by atoms with Gasteiger partial charge in [-0.3, -0.25) is 5.43 Å². The van der Waals surface area contributed by atoms with Crippen molar-refractivity contribution >= 4 is 5.69 Å². The Morgan fingerprint density at radius 3 is 2.44 bits per heavy atom. The maximum atomic E-state index is 6.15. The summed E-state index contributed by atoms with van der Waals surface area (Å²) in [5.74, 6) is 0.912. The van der Waals surface area contributed by atoms with Crippen LogP contribution in [-0.4, -0.2) is 12.1 Å². The van der Waals surface area contributed by atoms with Gasteiger partial charge in [-0.2, -0.15) is 0 Å². The van der Waals surface area contributed by atoms with Gasteiger partial charge in [-0.15, -0.1) is 0 Å². The van der Waals surface area contributed by atoms with E-state index in [2.05, 4.69) is 68.9 Å². The molecule has 0 amide bonds. The monoisotopic (exact) mass is 339 g/mol. The first-order valence-electron chi connectivity index (χ1n) is 8.96. The molecule has 1 aliphatic rings. The molecule has 3 atom stereocenters. The molecule has 3 rings (SSSR count). The summed E-state index contributed by atoms with van der Waals surface area (Å²) in [6, 6.07) is 17.0. The highest BCUT2D eigenvalue weighted by molar-refractivity contribution is 5.42. The molecule has 0 aliphatic carbocycles. The normalized spacial score (nSPS) is 21.9. The van der Waals surface area contributed by atoms with Gasteiger partial charge < -0.3 is 10.5 Å². The van der Waals surface area contributed by atoms with Crippen molar-refractivity contribution in [2.45, 2.75) is 57.7 Å². The average molecular weight is 339 g/mol. The molecule has 134 valence electrons. The van der Waals surface area contributed by atoms with Gasteiger partial charge in [0.15, 0.2) is 0 Å². The molecule has 0 bridgehead atoms. The molecule has 4 heteroatoms. The van der Waals surface area contributed by atoms with E-state index in [-0.39, 0.29) is 23.6 Å². The lowest BCUT2D eigenvalue weighted by Crippen LogP contribution is -2.40. The van der Waals surface area contributed by atoms with Crippen molar-refractivity contribution in [1.82, 2.24) is 10.9 Å². The number of nitrogen functional groups attached to an aromatic ring is 1. The van der Waals surface area contributed by atoms with E-state index in [1.54, 1.807) is 0 Å². The molecule has 25 heavy (non-hydrogen) atoms. The molecule has 2 aromatic rings. The predicted molar refractivity (Wildman–Crippen MR) is 104 cm³/mol. The van der Waals surface area contributed by atoms with E-state index in [0.717, 1.165) is 17.9 Å². The van der Waals surface area contributed by atoms with Crippen LogP contribution >= 0.6 is 0 Å². The second kappa shape index (κ2) is 7.06. The lowest BCUT2D eigenvalue weighted by atomic mass is 9.87. The number of benzene rings is 2. The molecule has 3 unspecified atom stereocenters. The van der Waals surface area contributed by atoms with Crippen LogP contribution in [0, 0.1) is 0 Å². The van der Waals surface area contributed by atoms with Gasteiger partial charge in [-0.05, 0) is 54.2 Å². The van der Waals surface area contributed by atoms with Gasteiger partial charge in [0.1, 0.15) is 11.9 Å². The fraction of sp³-hybridized carbons (Fsp3) is 0.429. The highest BCUT2D eigenvalue weighted by Gasteiger charge is 2.30. The number of hydrogen-bond donors (Lipinski definition) is 3. The van der Waals surface area contributed by atoms with Gasteiger partial charge in [0.2, 0.25) is 0 Å². The van der Waals surface area contributed by atoms with E-state index in [0.29, 0.717) is 0 Å². The lowest BCUT2D eigenvalue weighted by molar-refractivity contribution is 0.176. The molecule has 2 aromatic carbocycles. The minimum atomic E-state index is 0.0686. The van der Waals surface area contributed by atoms with Gasteiger partial charge >= 0.3 is 0 Å². The number of hydrogen-bond acceptors (Lipinski definition) is 4. The average Bonchev–Trinajstić information content (AvgIpc) is 3.05. The summed E-state index contributed by atoms with van der Waals surface area (Å²) in [6.45, 7) is 8.76. The molecular formula is C21H29N3O. The molecule has 0 saturated carbocycles. The SMILES string of the molecule is CC(Oc1ccc(C(C)(C)C)cc1)C1CC(c2cccc(N)c2)NN1. The summed E-state index contributed by atoms with van der Waals surface area (Å²) in [6.07, 6.45) is 1.03. The summed E-state index contributed by atoms with van der Waals surface area (Å²) >= 11 is 0. The number of rotatable bonds is 4. The third-order valence-electron chi connectivity index (χ3n) is 4.85. The van der Waals surface area contributed by atoms with Crippen LogP contribution in [0.1, 0.15) is 51.3 Å². The minimum absolute atomic E-state index is 0.0686. The van der Waals surface area contributed by atoms with E-state index in [1.807, 2.05) is 18.2 Å². The van der Waals surface area contributed by atoms with Gasteiger partial charge in [0.05, 0.1) is 6.04 Å². The van der Waals surface area contributed by atoms with Crippen LogP contribution in [0.4, 0.5) is 5.69 Å². The molecule has 4 nitrogen and oxygen atoms in total. The van der Waals surface area contributed by atoms with Crippen LogP contribution in [0.25, 0.3) is 0 Å². The number of nitrogens with two attached hydrogens (primary N) is 1. The summed E-state index contributed by atoms with van der Waals surface area (Å²) in [5.41, 5.74) is 16.1. The van der Waals surface area contributed by atoms with Crippen LogP contribution in [-0.2, 0) is 5.41 Å². The molecule has 0 radical (unpaired) electrons. The molecule has 0 aromatic heterocycles. The zero-order valence-electron chi connectivity index (χ0n) is 15.5. The third kappa shape index (κ3) is 4.33. The van der Waals surface area contributed by atoms with Crippen LogP contribution in [0.2, 0.25) is 0 Å². The molecule has 1 fully saturated rings. The summed E-state index contributed by atoms with van der Waals surface area (Å²) in [4.78, 5) is 0. The van der Waals surface area contributed by atoms with Crippen molar-refractivity contribution in [2.75, 3.05) is 5.73 Å². The predicted octanol–water partition coefficient (Wildman–Crippen LogP) is 3.94. The van der Waals surface area contributed by atoms with Crippen molar-refractivity contribution < 1.29 is 4.74 Å². The molecule has 1 saturated heterocycles. The fourth-order valence-corrected chi connectivity index (χ4v) is 3.21. The highest BCUT2D eigenvalue weighted by atomic mass is 16.5. The Bertz CT molecular complexity index is 706. The molecular weight excluding hydrogens is 310 g/mol. The Balaban J connectivity index is 1.60. The van der Waals surface area contributed by atoms with Crippen molar-refractivity contribution in [3.8, 4) is 5.75 Å². The van der Waals surface area contributed by atoms with Gasteiger partial charge in [-0.25, -0.2) is 5.43 Å². The number of ether oxygens (including phenoxy) is 1. The Morgan fingerprint density at radius 1 is 1.08 bits per heavy atom. The second-order valence-corrected chi connectivity index (χ2v) is 7.95. The summed E-state index contributed by atoms with van der Waals surface area (Å²) in [5, 5.41) is 0.